The monoisotopic (exact) mass is 291 g/mol. The van der Waals surface area contributed by atoms with Crippen molar-refractivity contribution < 1.29 is 17.9 Å². The normalized spacial score (nSPS) is 11.1. The van der Waals surface area contributed by atoms with Crippen LogP contribution in [0.4, 0.5) is 0 Å². The Morgan fingerprint density at radius 3 is 2.67 bits per heavy atom. The van der Waals surface area contributed by atoms with Crippen LogP contribution in [0.5, 0.6) is 5.75 Å². The average molecular weight is 292 g/mol. The van der Waals surface area contributed by atoms with Crippen LogP contribution in [0.2, 0.25) is 5.02 Å². The van der Waals surface area contributed by atoms with Crippen LogP contribution in [0.25, 0.3) is 0 Å². The van der Waals surface area contributed by atoms with Crippen LogP contribution in [-0.4, -0.2) is 27.2 Å². The van der Waals surface area contributed by atoms with Gasteiger partial charge in [0, 0.05) is 5.02 Å². The van der Waals surface area contributed by atoms with E-state index in [1.54, 1.807) is 18.2 Å². The number of benzene rings is 1. The van der Waals surface area contributed by atoms with E-state index in [0.717, 1.165) is 18.2 Å². The lowest BCUT2D eigenvalue weighted by atomic mass is 10.1. The van der Waals surface area contributed by atoms with Crippen LogP contribution < -0.4 is 9.46 Å². The number of aryl methyl sites for hydroxylation is 1. The summed E-state index contributed by atoms with van der Waals surface area (Å²) in [6, 6.07) is 5.01. The number of halogens is 1. The van der Waals surface area contributed by atoms with Gasteiger partial charge in [0.05, 0.1) is 6.26 Å². The van der Waals surface area contributed by atoms with Gasteiger partial charge in [0.1, 0.15) is 5.75 Å². The second-order valence-electron chi connectivity index (χ2n) is 3.69. The van der Waals surface area contributed by atoms with Crippen molar-refractivity contribution in [3.8, 4) is 5.75 Å². The average Bonchev–Trinajstić information content (AvgIpc) is 2.25. The number of hydrogen-bond donors (Lipinski definition) is 1. The highest BCUT2D eigenvalue weighted by Crippen LogP contribution is 2.22. The van der Waals surface area contributed by atoms with Gasteiger partial charge in [-0.25, -0.2) is 8.42 Å². The van der Waals surface area contributed by atoms with E-state index in [9.17, 15) is 13.2 Å². The minimum absolute atomic E-state index is 0.363. The third kappa shape index (κ3) is 4.93. The van der Waals surface area contributed by atoms with Crippen molar-refractivity contribution in [1.29, 1.82) is 0 Å². The van der Waals surface area contributed by atoms with Gasteiger partial charge in [-0.05, 0) is 30.2 Å². The van der Waals surface area contributed by atoms with Gasteiger partial charge in [0.25, 0.3) is 5.91 Å². The van der Waals surface area contributed by atoms with E-state index < -0.39 is 15.9 Å². The molecule has 5 nitrogen and oxygen atoms in total. The van der Waals surface area contributed by atoms with Crippen LogP contribution in [0.15, 0.2) is 18.2 Å². The van der Waals surface area contributed by atoms with Crippen LogP contribution >= 0.6 is 11.6 Å². The molecule has 0 saturated heterocycles. The molecule has 0 aliphatic heterocycles. The number of carbonyl (C=O) groups is 1. The summed E-state index contributed by atoms with van der Waals surface area (Å²) in [6.07, 6.45) is 1.65. The highest BCUT2D eigenvalue weighted by molar-refractivity contribution is 7.89. The van der Waals surface area contributed by atoms with E-state index in [-0.39, 0.29) is 6.61 Å². The van der Waals surface area contributed by atoms with Crippen molar-refractivity contribution in [3.05, 3.63) is 28.8 Å². The van der Waals surface area contributed by atoms with E-state index in [2.05, 4.69) is 0 Å². The number of nitrogens with one attached hydrogen (secondary N) is 1. The smallest absolute Gasteiger partial charge is 0.271 e. The summed E-state index contributed by atoms with van der Waals surface area (Å²) in [6.45, 7) is 1.58. The molecule has 0 radical (unpaired) electrons. The molecule has 1 N–H and O–H groups in total. The summed E-state index contributed by atoms with van der Waals surface area (Å²) in [4.78, 5) is 11.2. The van der Waals surface area contributed by atoms with Crippen LogP contribution in [-0.2, 0) is 21.2 Å². The molecule has 1 aromatic rings. The first-order chi connectivity index (χ1) is 8.31. The second kappa shape index (κ2) is 6.06. The molecule has 0 aromatic heterocycles. The largest absolute Gasteiger partial charge is 0.484 e. The Hall–Kier alpha value is -1.27. The topological polar surface area (TPSA) is 72.5 Å². The molecule has 1 amide bonds. The predicted octanol–water partition coefficient (Wildman–Crippen LogP) is 1.36. The maximum Gasteiger partial charge on any atom is 0.271 e. The van der Waals surface area contributed by atoms with Crippen LogP contribution in [0.3, 0.4) is 0 Å². The maximum atomic E-state index is 11.2. The van der Waals surface area contributed by atoms with Crippen molar-refractivity contribution >= 4 is 27.5 Å². The summed E-state index contributed by atoms with van der Waals surface area (Å²) in [5, 5.41) is 0.630. The van der Waals surface area contributed by atoms with Gasteiger partial charge in [-0.2, -0.15) is 0 Å². The SMILES string of the molecule is CCc1cc(OCC(=O)NS(C)(=O)=O)ccc1Cl. The van der Waals surface area contributed by atoms with Crippen molar-refractivity contribution in [2.45, 2.75) is 13.3 Å². The Morgan fingerprint density at radius 1 is 1.44 bits per heavy atom. The molecule has 0 bridgehead atoms. The molecule has 1 rings (SSSR count). The molecular weight excluding hydrogens is 278 g/mol. The summed E-state index contributed by atoms with van der Waals surface area (Å²) >= 11 is 5.93. The summed E-state index contributed by atoms with van der Waals surface area (Å²) in [7, 11) is -3.55. The Kier molecular flexibility index (Phi) is 4.98. The fourth-order valence-corrected chi connectivity index (χ4v) is 2.02. The van der Waals surface area contributed by atoms with Gasteiger partial charge in [-0.3, -0.25) is 9.52 Å². The van der Waals surface area contributed by atoms with Gasteiger partial charge in [0.15, 0.2) is 6.61 Å². The van der Waals surface area contributed by atoms with E-state index in [0.29, 0.717) is 10.8 Å². The third-order valence-corrected chi connectivity index (χ3v) is 3.03. The van der Waals surface area contributed by atoms with Gasteiger partial charge >= 0.3 is 0 Å². The molecule has 0 unspecified atom stereocenters. The van der Waals surface area contributed by atoms with Crippen molar-refractivity contribution in [2.75, 3.05) is 12.9 Å². The lowest BCUT2D eigenvalue weighted by Gasteiger charge is -2.08. The van der Waals surface area contributed by atoms with Gasteiger partial charge in [0.2, 0.25) is 10.0 Å². The van der Waals surface area contributed by atoms with E-state index >= 15 is 0 Å². The van der Waals surface area contributed by atoms with Crippen LogP contribution in [0.1, 0.15) is 12.5 Å². The number of carbonyl (C=O) groups excluding carboxylic acids is 1. The number of ether oxygens (including phenoxy) is 1. The number of hydrogen-bond acceptors (Lipinski definition) is 4. The van der Waals surface area contributed by atoms with Gasteiger partial charge in [-0.1, -0.05) is 18.5 Å². The summed E-state index contributed by atoms with van der Waals surface area (Å²) in [5.41, 5.74) is 0.901. The highest BCUT2D eigenvalue weighted by Gasteiger charge is 2.09. The van der Waals surface area contributed by atoms with Gasteiger partial charge in [-0.15, -0.1) is 0 Å². The number of sulfonamides is 1. The molecule has 0 aliphatic rings. The zero-order valence-electron chi connectivity index (χ0n) is 10.1. The lowest BCUT2D eigenvalue weighted by Crippen LogP contribution is -2.33. The first kappa shape index (κ1) is 14.8. The molecule has 7 heteroatoms. The van der Waals surface area contributed by atoms with E-state index in [1.165, 1.54) is 0 Å². The first-order valence-electron chi connectivity index (χ1n) is 5.23. The minimum atomic E-state index is -3.55. The number of rotatable bonds is 5. The predicted molar refractivity (Wildman–Crippen MR) is 69.3 cm³/mol. The van der Waals surface area contributed by atoms with Gasteiger partial charge < -0.3 is 4.74 Å². The molecule has 0 heterocycles. The molecule has 1 aromatic carbocycles. The standard InChI is InChI=1S/C11H14ClNO4S/c1-3-8-6-9(4-5-10(8)12)17-7-11(14)13-18(2,15)16/h4-6H,3,7H2,1-2H3,(H,13,14). The molecule has 0 saturated carbocycles. The first-order valence-corrected chi connectivity index (χ1v) is 7.50. The molecular formula is C11H14ClNO4S. The highest BCUT2D eigenvalue weighted by atomic mass is 35.5. The Bertz CT molecular complexity index is 542. The Labute approximate surface area is 111 Å². The quantitative estimate of drug-likeness (QED) is 0.889. The van der Waals surface area contributed by atoms with Crippen LogP contribution in [0, 0.1) is 0 Å². The molecule has 0 aliphatic carbocycles. The molecule has 100 valence electrons. The second-order valence-corrected chi connectivity index (χ2v) is 5.85. The number of amides is 1. The van der Waals surface area contributed by atoms with Crippen molar-refractivity contribution in [1.82, 2.24) is 4.72 Å². The zero-order valence-corrected chi connectivity index (χ0v) is 11.6. The summed E-state index contributed by atoms with van der Waals surface area (Å²) in [5.74, 6) is -0.245. The lowest BCUT2D eigenvalue weighted by molar-refractivity contribution is -0.121. The molecule has 0 fully saturated rings. The third-order valence-electron chi connectivity index (χ3n) is 2.07. The Balaban J connectivity index is 2.61. The maximum absolute atomic E-state index is 11.2. The Morgan fingerprint density at radius 2 is 2.11 bits per heavy atom. The summed E-state index contributed by atoms with van der Waals surface area (Å²) < 4.78 is 28.6. The fourth-order valence-electron chi connectivity index (χ4n) is 1.30. The minimum Gasteiger partial charge on any atom is -0.484 e. The fraction of sp³-hybridized carbons (Fsp3) is 0.364. The zero-order chi connectivity index (χ0) is 13.8. The molecule has 18 heavy (non-hydrogen) atoms. The molecule has 0 spiro atoms. The molecule has 0 atom stereocenters. The van der Waals surface area contributed by atoms with E-state index in [1.807, 2.05) is 11.6 Å². The van der Waals surface area contributed by atoms with E-state index in [4.69, 9.17) is 16.3 Å². The van der Waals surface area contributed by atoms with Crippen molar-refractivity contribution in [3.63, 3.8) is 0 Å². The van der Waals surface area contributed by atoms with Crippen molar-refractivity contribution in [2.24, 2.45) is 0 Å².